The molecule has 7 rings (SSSR count). The first-order valence-corrected chi connectivity index (χ1v) is 17.6. The summed E-state index contributed by atoms with van der Waals surface area (Å²) in [4.78, 5) is 31.9. The molecule has 4 heterocycles. The number of hydrogen-bond acceptors (Lipinski definition) is 9. The van der Waals surface area contributed by atoms with Gasteiger partial charge in [0.15, 0.2) is 23.1 Å². The van der Waals surface area contributed by atoms with Crippen LogP contribution < -0.4 is 14.8 Å². The Labute approximate surface area is 286 Å². The third-order valence-electron chi connectivity index (χ3n) is 8.83. The number of nitrogens with zero attached hydrogens (tertiary/aromatic N) is 3. The van der Waals surface area contributed by atoms with Crippen LogP contribution in [0, 0.1) is 13.8 Å². The van der Waals surface area contributed by atoms with Crippen molar-refractivity contribution in [2.75, 3.05) is 33.8 Å². The van der Waals surface area contributed by atoms with Crippen LogP contribution in [0.1, 0.15) is 35.4 Å². The molecule has 0 aliphatic carbocycles. The Morgan fingerprint density at radius 1 is 1.00 bits per heavy atom. The van der Waals surface area contributed by atoms with Crippen molar-refractivity contribution in [2.45, 2.75) is 56.8 Å². The Bertz CT molecular complexity index is 1960. The highest BCUT2D eigenvalue weighted by Gasteiger charge is 2.38. The summed E-state index contributed by atoms with van der Waals surface area (Å²) in [7, 11) is -0.817. The van der Waals surface area contributed by atoms with Crippen molar-refractivity contribution >= 4 is 21.8 Å². The molecule has 13 heteroatoms. The predicted octanol–water partition coefficient (Wildman–Crippen LogP) is 4.63. The number of amides is 2. The van der Waals surface area contributed by atoms with E-state index in [1.165, 1.54) is 9.21 Å². The third-order valence-corrected chi connectivity index (χ3v) is 10.8. The number of aromatic nitrogens is 1. The van der Waals surface area contributed by atoms with E-state index >= 15 is 0 Å². The average molecular weight is 689 g/mol. The summed E-state index contributed by atoms with van der Waals surface area (Å²) >= 11 is 0. The monoisotopic (exact) mass is 688 g/mol. The first kappa shape index (κ1) is 34.2. The normalized spacial score (nSPS) is 19.6. The van der Waals surface area contributed by atoms with E-state index in [2.05, 4.69) is 10.3 Å². The molecule has 0 spiro atoms. The second kappa shape index (κ2) is 14.4. The summed E-state index contributed by atoms with van der Waals surface area (Å²) in [5, 5.41) is 3.02. The van der Waals surface area contributed by atoms with Gasteiger partial charge < -0.3 is 28.8 Å². The second-order valence-electron chi connectivity index (χ2n) is 12.4. The topological polar surface area (TPSA) is 141 Å². The molecule has 12 nitrogen and oxygen atoms in total. The fraction of sp³-hybridized carbons (Fsp3) is 0.361. The zero-order valence-corrected chi connectivity index (χ0v) is 28.8. The largest absolute Gasteiger partial charge is 0.493 e. The van der Waals surface area contributed by atoms with Gasteiger partial charge in [-0.15, -0.1) is 0 Å². The van der Waals surface area contributed by atoms with Gasteiger partial charge in [0, 0.05) is 39.0 Å². The number of nitrogens with one attached hydrogen (secondary N) is 1. The average Bonchev–Trinajstić information content (AvgIpc) is 3.53. The molecule has 3 aliphatic heterocycles. The summed E-state index contributed by atoms with van der Waals surface area (Å²) in [6.07, 6.45) is 1.85. The van der Waals surface area contributed by atoms with Crippen LogP contribution in [0.2, 0.25) is 0 Å². The van der Waals surface area contributed by atoms with Gasteiger partial charge in [-0.3, -0.25) is 9.59 Å². The Balaban J connectivity index is 1.28. The molecular formula is C36H40N4O8S. The number of carbonyl (C=O) groups excluding carboxylic acids is 2. The van der Waals surface area contributed by atoms with E-state index in [9.17, 15) is 18.0 Å². The minimum absolute atomic E-state index is 0.00660. The lowest BCUT2D eigenvalue weighted by Crippen LogP contribution is -2.57. The van der Waals surface area contributed by atoms with Crippen molar-refractivity contribution in [2.24, 2.45) is 0 Å². The van der Waals surface area contributed by atoms with Crippen molar-refractivity contribution in [1.29, 1.82) is 0 Å². The first-order chi connectivity index (χ1) is 23.5. The predicted molar refractivity (Wildman–Crippen MR) is 181 cm³/mol. The van der Waals surface area contributed by atoms with Gasteiger partial charge in [-0.25, -0.2) is 13.4 Å². The number of likely N-dealkylation sites (N-methyl/N-ethyl adjacent to an activating group) is 1. The molecule has 1 aromatic heterocycles. The van der Waals surface area contributed by atoms with Crippen LogP contribution in [0.5, 0.6) is 17.2 Å². The molecule has 1 saturated heterocycles. The standard InChI is InChI=1S/C36H40N4O8S/c1-23-8-11-27(32-19-37-24(2)47-32)18-34(23)49(43,44)40-15-14-29-33(20-40)46-22-26-6-5-7-28(16-26)48-30-12-9-25(17-31(30)45-4)10-13-36(42)39(3)21-35(41)38-29/h5-9,11-12,16-19,29,33H,10,13-15,20-22H2,1-4H3,(H,38,41)/t29-,33-/m0/s1. The maximum Gasteiger partial charge on any atom is 0.243 e. The fourth-order valence-corrected chi connectivity index (χ4v) is 7.80. The van der Waals surface area contributed by atoms with Gasteiger partial charge >= 0.3 is 0 Å². The smallest absolute Gasteiger partial charge is 0.243 e. The van der Waals surface area contributed by atoms with E-state index in [1.807, 2.05) is 36.4 Å². The molecule has 1 N–H and O–H groups in total. The van der Waals surface area contributed by atoms with Gasteiger partial charge in [-0.2, -0.15) is 4.31 Å². The number of benzene rings is 3. The Morgan fingerprint density at radius 3 is 2.61 bits per heavy atom. The summed E-state index contributed by atoms with van der Waals surface area (Å²) in [6, 6.07) is 17.6. The number of methoxy groups -OCH3 is 1. The highest BCUT2D eigenvalue weighted by molar-refractivity contribution is 7.89. The molecule has 2 atom stereocenters. The van der Waals surface area contributed by atoms with Crippen LogP contribution in [0.15, 0.2) is 76.2 Å². The maximum absolute atomic E-state index is 14.1. The van der Waals surface area contributed by atoms with Gasteiger partial charge in [0.25, 0.3) is 0 Å². The number of rotatable bonds is 4. The fourth-order valence-electron chi connectivity index (χ4n) is 6.08. The van der Waals surface area contributed by atoms with Crippen molar-refractivity contribution in [1.82, 2.24) is 19.5 Å². The van der Waals surface area contributed by atoms with Crippen LogP contribution in [0.4, 0.5) is 0 Å². The highest BCUT2D eigenvalue weighted by atomic mass is 32.2. The minimum atomic E-state index is -3.97. The molecule has 258 valence electrons. The molecule has 4 bridgehead atoms. The van der Waals surface area contributed by atoms with E-state index in [-0.39, 0.29) is 49.4 Å². The van der Waals surface area contributed by atoms with E-state index in [0.29, 0.717) is 52.9 Å². The molecule has 49 heavy (non-hydrogen) atoms. The number of fused-ring (bicyclic) bond motifs is 9. The van der Waals surface area contributed by atoms with Crippen LogP contribution in [0.3, 0.4) is 0 Å². The molecule has 4 aromatic rings. The van der Waals surface area contributed by atoms with E-state index in [4.69, 9.17) is 18.6 Å². The van der Waals surface area contributed by atoms with E-state index < -0.39 is 22.2 Å². The summed E-state index contributed by atoms with van der Waals surface area (Å²) in [5.41, 5.74) is 2.89. The quantitative estimate of drug-likeness (QED) is 0.325. The van der Waals surface area contributed by atoms with E-state index in [1.54, 1.807) is 58.5 Å². The zero-order chi connectivity index (χ0) is 34.7. The number of piperidine rings is 1. The third kappa shape index (κ3) is 7.79. The van der Waals surface area contributed by atoms with Gasteiger partial charge in [0.1, 0.15) is 5.75 Å². The van der Waals surface area contributed by atoms with Crippen molar-refractivity contribution in [3.63, 3.8) is 0 Å². The molecule has 3 aliphatic rings. The molecular weight excluding hydrogens is 648 g/mol. The van der Waals surface area contributed by atoms with Gasteiger partial charge in [-0.05, 0) is 66.8 Å². The number of carbonyl (C=O) groups is 2. The molecule has 2 amide bonds. The number of oxazole rings is 1. The zero-order valence-electron chi connectivity index (χ0n) is 28.0. The lowest BCUT2D eigenvalue weighted by Gasteiger charge is -2.38. The van der Waals surface area contributed by atoms with Crippen molar-refractivity contribution < 1.29 is 36.6 Å². The van der Waals surface area contributed by atoms with Crippen LogP contribution >= 0.6 is 0 Å². The molecule has 3 aromatic carbocycles. The number of ether oxygens (including phenoxy) is 3. The first-order valence-electron chi connectivity index (χ1n) is 16.1. The SMILES string of the molecule is COc1cc2ccc1Oc1cccc(c1)CO[C@H]1CN(S(=O)(=O)c3cc(-c4cnc(C)o4)ccc3C)CC[C@@H]1NC(=O)CN(C)C(=O)CC2. The highest BCUT2D eigenvalue weighted by Crippen LogP contribution is 2.34. The summed E-state index contributed by atoms with van der Waals surface area (Å²) in [6.45, 7) is 3.64. The molecule has 1 fully saturated rings. The second-order valence-corrected chi connectivity index (χ2v) is 14.3. The lowest BCUT2D eigenvalue weighted by atomic mass is 10.0. The van der Waals surface area contributed by atoms with E-state index in [0.717, 1.165) is 11.1 Å². The number of sulfonamides is 1. The Kier molecular flexibility index (Phi) is 10.0. The Morgan fingerprint density at radius 2 is 1.84 bits per heavy atom. The molecule has 0 radical (unpaired) electrons. The van der Waals surface area contributed by atoms with Gasteiger partial charge in [0.05, 0.1) is 43.5 Å². The summed E-state index contributed by atoms with van der Waals surface area (Å²) < 4.78 is 53.5. The van der Waals surface area contributed by atoms with Crippen LogP contribution in [-0.2, 0) is 37.4 Å². The van der Waals surface area contributed by atoms with Gasteiger partial charge in [-0.1, -0.05) is 30.3 Å². The lowest BCUT2D eigenvalue weighted by molar-refractivity contribution is -0.135. The molecule has 0 unspecified atom stereocenters. The summed E-state index contributed by atoms with van der Waals surface area (Å²) in [5.74, 6) is 2.03. The number of aryl methyl sites for hydroxylation is 3. The maximum atomic E-state index is 14.1. The Hall–Kier alpha value is -4.72. The van der Waals surface area contributed by atoms with Gasteiger partial charge in [0.2, 0.25) is 21.8 Å². The van der Waals surface area contributed by atoms with Crippen molar-refractivity contribution in [3.05, 3.63) is 89.4 Å². The molecule has 0 saturated carbocycles. The van der Waals surface area contributed by atoms with Crippen LogP contribution in [-0.4, -0.2) is 80.4 Å². The minimum Gasteiger partial charge on any atom is -0.493 e. The number of hydrogen-bond donors (Lipinski definition) is 1. The van der Waals surface area contributed by atoms with Crippen LogP contribution in [0.25, 0.3) is 11.3 Å². The van der Waals surface area contributed by atoms with Crippen molar-refractivity contribution in [3.8, 4) is 28.6 Å².